The molecule has 0 unspecified atom stereocenters. The molecule has 0 amide bonds. The van der Waals surface area contributed by atoms with Gasteiger partial charge in [-0.15, -0.1) is 20.5 Å². The van der Waals surface area contributed by atoms with E-state index >= 15 is 0 Å². The Bertz CT molecular complexity index is 4510. The number of aryl methyl sites for hydroxylation is 8. The molecule has 0 bridgehead atoms. The van der Waals surface area contributed by atoms with E-state index in [-0.39, 0.29) is 29.0 Å². The smallest absolute Gasteiger partial charge is 0.346 e. The molecule has 0 spiro atoms. The third-order valence-electron chi connectivity index (χ3n) is 16.6. The second-order valence-electron chi connectivity index (χ2n) is 23.4. The third kappa shape index (κ3) is 24.6. The van der Waals surface area contributed by atoms with Gasteiger partial charge in [-0.2, -0.15) is 0 Å². The van der Waals surface area contributed by atoms with Gasteiger partial charge in [0.2, 0.25) is 21.1 Å². The first-order chi connectivity index (χ1) is 55.0. The van der Waals surface area contributed by atoms with Crippen molar-refractivity contribution in [2.45, 2.75) is 51.9 Å². The summed E-state index contributed by atoms with van der Waals surface area (Å²) < 4.78 is 69.5. The summed E-state index contributed by atoms with van der Waals surface area (Å²) >= 11 is 0. The lowest BCUT2D eigenvalue weighted by molar-refractivity contribution is -0.763. The summed E-state index contributed by atoms with van der Waals surface area (Å²) in [5.41, 5.74) is 10.4. The van der Waals surface area contributed by atoms with Crippen molar-refractivity contribution in [3.05, 3.63) is 282 Å². The second-order valence-corrected chi connectivity index (χ2v) is 23.4. The molecule has 12 rings (SSSR count). The van der Waals surface area contributed by atoms with Crippen LogP contribution in [-0.4, -0.2) is 83.4 Å². The highest BCUT2D eigenvalue weighted by molar-refractivity contribution is 5.72. The Kier molecular flexibility index (Phi) is 33.5. The van der Waals surface area contributed by atoms with Crippen LogP contribution >= 0.6 is 0 Å². The van der Waals surface area contributed by atoms with Crippen LogP contribution in [0.5, 0.6) is 46.0 Å². The maximum atomic E-state index is 10.6. The molecule has 4 heterocycles. The second kappa shape index (κ2) is 45.1. The summed E-state index contributed by atoms with van der Waals surface area (Å²) in [4.78, 5) is 0. The van der Waals surface area contributed by atoms with Gasteiger partial charge in [-0.1, -0.05) is 146 Å². The van der Waals surface area contributed by atoms with E-state index in [2.05, 4.69) is 62.7 Å². The van der Waals surface area contributed by atoms with E-state index in [1.54, 1.807) is 99.9 Å². The molecular weight excluding hydrogens is 1460 g/mol. The molecule has 113 heavy (non-hydrogen) atoms. The lowest BCUT2D eigenvalue weighted by atomic mass is 10.1. The molecule has 0 atom stereocenters. The predicted molar refractivity (Wildman–Crippen MR) is 416 cm³/mol. The monoisotopic (exact) mass is 1540 g/mol. The number of rotatable bonds is 32. The molecular formula is C80H82N16O17. The van der Waals surface area contributed by atoms with Crippen molar-refractivity contribution in [3.8, 4) is 46.0 Å². The zero-order valence-electron chi connectivity index (χ0n) is 62.9. The molecule has 8 aromatic carbocycles. The average molecular weight is 1540 g/mol. The van der Waals surface area contributed by atoms with E-state index in [1.165, 1.54) is 0 Å². The molecule has 584 valence electrons. The minimum Gasteiger partial charge on any atom is -0.775 e. The minimum atomic E-state index is 0. The van der Waals surface area contributed by atoms with Gasteiger partial charge in [-0.05, 0) is 136 Å². The third-order valence-corrected chi connectivity index (χ3v) is 16.6. The standard InChI is InChI=1S/4C20H20N4O4.H2O/c4*1-26-18-11-9-16(14-19(18)27-2)12-13-24-17(20(21-22-25)28-23-24)10-8-15-6-4-3-5-7-15;/h4*3-11,14H,12-13H2,1-2H3;1H2/b4*10-8+;. The fourth-order valence-corrected chi connectivity index (χ4v) is 10.9. The first kappa shape index (κ1) is 83.9. The molecule has 12 aromatic rings. The summed E-state index contributed by atoms with van der Waals surface area (Å²) in [5.74, 6) is 5.59. The number of hydrogen-bond donors (Lipinski definition) is 0. The van der Waals surface area contributed by atoms with Gasteiger partial charge in [0.05, 0.1) is 56.9 Å². The van der Waals surface area contributed by atoms with Gasteiger partial charge < -0.3 is 64.2 Å². The van der Waals surface area contributed by atoms with Gasteiger partial charge in [-0.3, -0.25) is 18.1 Å². The zero-order valence-corrected chi connectivity index (χ0v) is 62.9. The SMILES string of the molecule is COc1ccc(CC[n+]2noc(/N=N/[O-])c2/C=C/c2ccccc2)cc1OC.COc1ccc(CC[n+]2noc(/N=N/[O-])c2/C=C/c2ccccc2)cc1OC.COc1ccc(CC[n+]2noc(/N=N/[O-])c2/C=C/c2ccccc2)cc1OC.COc1ccc(CC[n+]2noc(/N=N/[O-])c2/C=C/c2ccccc2)cc1OC.O. The lowest BCUT2D eigenvalue weighted by Crippen LogP contribution is -2.39. The van der Waals surface area contributed by atoms with Crippen LogP contribution < -0.4 is 56.6 Å². The summed E-state index contributed by atoms with van der Waals surface area (Å²) in [6.07, 6.45) is 17.4. The van der Waals surface area contributed by atoms with Crippen molar-refractivity contribution in [3.63, 3.8) is 0 Å². The maximum absolute atomic E-state index is 10.6. The molecule has 0 saturated carbocycles. The molecule has 4 aromatic heterocycles. The van der Waals surface area contributed by atoms with E-state index in [9.17, 15) is 20.8 Å². The van der Waals surface area contributed by atoms with Gasteiger partial charge in [0.1, 0.15) is 0 Å². The van der Waals surface area contributed by atoms with Crippen molar-refractivity contribution in [1.29, 1.82) is 0 Å². The highest BCUT2D eigenvalue weighted by Crippen LogP contribution is 2.32. The molecule has 0 fully saturated rings. The Labute approximate surface area is 649 Å². The number of ether oxygens (including phenoxy) is 8. The number of aromatic nitrogens is 8. The van der Waals surface area contributed by atoms with Gasteiger partial charge in [0.15, 0.2) is 72.2 Å². The molecule has 33 nitrogen and oxygen atoms in total. The summed E-state index contributed by atoms with van der Waals surface area (Å²) in [6.45, 7) is 2.06. The van der Waals surface area contributed by atoms with E-state index < -0.39 is 0 Å². The zero-order chi connectivity index (χ0) is 79.1. The predicted octanol–water partition coefficient (Wildman–Crippen LogP) is 15.1. The van der Waals surface area contributed by atoms with E-state index in [4.69, 9.17) is 56.0 Å². The number of methoxy groups -OCH3 is 8. The highest BCUT2D eigenvalue weighted by Gasteiger charge is 2.27. The maximum Gasteiger partial charge on any atom is 0.346 e. The number of hydrogen-bond acceptors (Lipinski definition) is 28. The molecule has 0 radical (unpaired) electrons. The van der Waals surface area contributed by atoms with Crippen LogP contribution in [0.4, 0.5) is 23.5 Å². The normalized spacial score (nSPS) is 11.3. The number of benzene rings is 8. The van der Waals surface area contributed by atoms with Crippen LogP contribution in [0.25, 0.3) is 48.6 Å². The molecule has 0 aliphatic heterocycles. The fourth-order valence-electron chi connectivity index (χ4n) is 10.9. The van der Waals surface area contributed by atoms with Crippen molar-refractivity contribution in [2.75, 3.05) is 56.9 Å². The summed E-state index contributed by atoms with van der Waals surface area (Å²) in [5, 5.41) is 82.3. The molecule has 0 aliphatic carbocycles. The Morgan fingerprint density at radius 2 is 0.469 bits per heavy atom. The number of nitrogens with zero attached hydrogens (tertiary/aromatic N) is 16. The van der Waals surface area contributed by atoms with Gasteiger partial charge in [0, 0.05) is 50.0 Å². The van der Waals surface area contributed by atoms with Gasteiger partial charge in [0.25, 0.3) is 0 Å². The fraction of sp³-hybridized carbons (Fsp3) is 0.200. The van der Waals surface area contributed by atoms with Crippen LogP contribution in [0.2, 0.25) is 0 Å². The van der Waals surface area contributed by atoms with Crippen molar-refractivity contribution in [2.24, 2.45) is 41.6 Å². The Balaban J connectivity index is 0.000000188. The van der Waals surface area contributed by atoms with Crippen LogP contribution in [-0.2, 0) is 51.9 Å². The molecule has 2 N–H and O–H groups in total. The largest absolute Gasteiger partial charge is 0.775 e. The Hall–Kier alpha value is -14.8. The van der Waals surface area contributed by atoms with Crippen LogP contribution in [0.1, 0.15) is 67.3 Å². The van der Waals surface area contributed by atoms with Crippen molar-refractivity contribution >= 4 is 72.1 Å². The minimum absolute atomic E-state index is 0. The lowest BCUT2D eigenvalue weighted by Gasteiger charge is -2.08. The topological polar surface area (TPSA) is 416 Å². The van der Waals surface area contributed by atoms with E-state index in [0.29, 0.717) is 121 Å². The first-order valence-electron chi connectivity index (χ1n) is 34.5. The average Bonchev–Trinajstić information content (AvgIpc) is 1.63. The van der Waals surface area contributed by atoms with Crippen molar-refractivity contribution in [1.82, 2.24) is 21.1 Å². The first-order valence-corrected chi connectivity index (χ1v) is 34.5. The van der Waals surface area contributed by atoms with E-state index in [0.717, 1.165) is 44.5 Å². The molecule has 33 heteroatoms. The molecule has 0 aliphatic rings. The van der Waals surface area contributed by atoms with Crippen LogP contribution in [0.15, 0.2) is 254 Å². The van der Waals surface area contributed by atoms with Crippen LogP contribution in [0, 0.1) is 20.8 Å². The summed E-state index contributed by atoms with van der Waals surface area (Å²) in [6, 6.07) is 61.9. The van der Waals surface area contributed by atoms with Gasteiger partial charge in [-0.25, -0.2) is 21.1 Å². The van der Waals surface area contributed by atoms with E-state index in [1.807, 2.05) is 218 Å². The van der Waals surface area contributed by atoms with Crippen molar-refractivity contribution < 1.29 is 80.2 Å². The summed E-state index contributed by atoms with van der Waals surface area (Å²) in [7, 11) is 12.8. The Morgan fingerprint density at radius 3 is 0.646 bits per heavy atom. The Morgan fingerprint density at radius 1 is 0.274 bits per heavy atom. The van der Waals surface area contributed by atoms with Gasteiger partial charge >= 0.3 is 46.3 Å². The quantitative estimate of drug-likeness (QED) is 0.0215. The highest BCUT2D eigenvalue weighted by atomic mass is 16.5. The molecule has 0 saturated heterocycles. The van der Waals surface area contributed by atoms with Crippen LogP contribution in [0.3, 0.4) is 0 Å².